The first-order valence-electron chi connectivity index (χ1n) is 10.1. The Morgan fingerprint density at radius 1 is 1.03 bits per heavy atom. The molecule has 0 fully saturated rings. The van der Waals surface area contributed by atoms with E-state index < -0.39 is 23.9 Å². The van der Waals surface area contributed by atoms with Crippen LogP contribution < -0.4 is 22.1 Å². The molecule has 0 spiro atoms. The number of hydrogen-bond donors (Lipinski definition) is 6. The van der Waals surface area contributed by atoms with E-state index in [0.29, 0.717) is 17.9 Å². The molecule has 1 unspecified atom stereocenters. The van der Waals surface area contributed by atoms with Crippen molar-refractivity contribution in [2.75, 3.05) is 16.8 Å². The van der Waals surface area contributed by atoms with Crippen LogP contribution in [0, 0.1) is 6.92 Å². The Hall–Kier alpha value is -4.41. The Morgan fingerprint density at radius 3 is 2.36 bits per heavy atom. The quantitative estimate of drug-likeness (QED) is 0.278. The van der Waals surface area contributed by atoms with Gasteiger partial charge in [0.2, 0.25) is 5.95 Å². The second kappa shape index (κ2) is 9.81. The summed E-state index contributed by atoms with van der Waals surface area (Å²) >= 11 is 0. The minimum Gasteiger partial charge on any atom is -0.481 e. The van der Waals surface area contributed by atoms with Gasteiger partial charge < -0.3 is 32.3 Å². The normalized spacial score (nSPS) is 11.7. The Bertz CT molecular complexity index is 1210. The monoisotopic (exact) mass is 452 g/mol. The van der Waals surface area contributed by atoms with Crippen molar-refractivity contribution in [2.24, 2.45) is 0 Å². The molecule has 0 aliphatic carbocycles. The molecule has 3 aromatic rings. The zero-order valence-corrected chi connectivity index (χ0v) is 17.8. The number of carbonyl (C=O) groups is 3. The largest absolute Gasteiger partial charge is 0.481 e. The molecule has 1 amide bonds. The lowest BCUT2D eigenvalue weighted by Gasteiger charge is -2.14. The molecule has 0 saturated carbocycles. The first-order valence-corrected chi connectivity index (χ1v) is 10.1. The van der Waals surface area contributed by atoms with Crippen molar-refractivity contribution in [3.8, 4) is 0 Å². The molecular weight excluding hydrogens is 428 g/mol. The highest BCUT2D eigenvalue weighted by Gasteiger charge is 2.21. The second-order valence-corrected chi connectivity index (χ2v) is 7.44. The van der Waals surface area contributed by atoms with Crippen LogP contribution in [0.2, 0.25) is 0 Å². The minimum atomic E-state index is -1.29. The van der Waals surface area contributed by atoms with Crippen LogP contribution in [0.1, 0.15) is 34.3 Å². The molecule has 1 aromatic heterocycles. The molecule has 8 N–H and O–H groups in total. The summed E-state index contributed by atoms with van der Waals surface area (Å²) in [7, 11) is 0. The second-order valence-electron chi connectivity index (χ2n) is 7.44. The van der Waals surface area contributed by atoms with Crippen LogP contribution in [0.15, 0.2) is 36.4 Å². The van der Waals surface area contributed by atoms with Crippen LogP contribution in [-0.4, -0.2) is 44.1 Å². The van der Waals surface area contributed by atoms with Crippen molar-refractivity contribution in [1.82, 2.24) is 15.3 Å². The number of aromatic nitrogens is 2. The fraction of sp³-hybridized carbons (Fsp3) is 0.227. The third-order valence-corrected chi connectivity index (χ3v) is 5.16. The average molecular weight is 452 g/mol. The van der Waals surface area contributed by atoms with E-state index in [9.17, 15) is 19.5 Å². The highest BCUT2D eigenvalue weighted by atomic mass is 16.4. The van der Waals surface area contributed by atoms with Gasteiger partial charge in [-0.25, -0.2) is 9.78 Å². The van der Waals surface area contributed by atoms with Gasteiger partial charge in [-0.2, -0.15) is 4.98 Å². The number of carbonyl (C=O) groups excluding carboxylic acids is 1. The number of aliphatic carboxylic acids is 2. The first kappa shape index (κ1) is 23.3. The van der Waals surface area contributed by atoms with Gasteiger partial charge in [-0.05, 0) is 54.8 Å². The molecule has 1 heterocycles. The molecule has 2 aromatic carbocycles. The van der Waals surface area contributed by atoms with Crippen LogP contribution >= 0.6 is 0 Å². The number of anilines is 3. The number of carboxylic acid groups (broad SMARTS) is 2. The average Bonchev–Trinajstić information content (AvgIpc) is 2.75. The van der Waals surface area contributed by atoms with Crippen molar-refractivity contribution in [3.63, 3.8) is 0 Å². The number of nitrogens with one attached hydrogen (secondary N) is 2. The summed E-state index contributed by atoms with van der Waals surface area (Å²) in [5.41, 5.74) is 15.2. The molecule has 3 rings (SSSR count). The van der Waals surface area contributed by atoms with Gasteiger partial charge in [-0.3, -0.25) is 9.59 Å². The van der Waals surface area contributed by atoms with E-state index in [1.54, 1.807) is 24.3 Å². The molecule has 0 saturated heterocycles. The molecule has 33 heavy (non-hydrogen) atoms. The molecule has 0 radical (unpaired) electrons. The summed E-state index contributed by atoms with van der Waals surface area (Å²) in [6.45, 7) is 2.40. The summed E-state index contributed by atoms with van der Waals surface area (Å²) in [4.78, 5) is 42.5. The van der Waals surface area contributed by atoms with E-state index in [2.05, 4.69) is 20.6 Å². The van der Waals surface area contributed by atoms with Gasteiger partial charge in [0.05, 0.1) is 5.52 Å². The summed E-state index contributed by atoms with van der Waals surface area (Å²) in [6.07, 6.45) is -0.567. The van der Waals surface area contributed by atoms with Crippen molar-refractivity contribution >= 4 is 46.2 Å². The lowest BCUT2D eigenvalue weighted by molar-refractivity contribution is -0.140. The molecule has 11 nitrogen and oxygen atoms in total. The predicted octanol–water partition coefficient (Wildman–Crippen LogP) is 1.76. The number of benzene rings is 2. The maximum atomic E-state index is 12.3. The lowest BCUT2D eigenvalue weighted by Crippen LogP contribution is -2.41. The molecule has 1 atom stereocenters. The van der Waals surface area contributed by atoms with Gasteiger partial charge in [0.15, 0.2) is 0 Å². The molecule has 11 heteroatoms. The van der Waals surface area contributed by atoms with E-state index in [1.165, 1.54) is 0 Å². The zero-order valence-electron chi connectivity index (χ0n) is 17.8. The van der Waals surface area contributed by atoms with E-state index >= 15 is 0 Å². The Balaban J connectivity index is 1.66. The number of carboxylic acids is 2. The Labute approximate surface area is 188 Å². The van der Waals surface area contributed by atoms with Crippen LogP contribution in [0.5, 0.6) is 0 Å². The molecule has 0 aliphatic heterocycles. The fourth-order valence-electron chi connectivity index (χ4n) is 3.38. The van der Waals surface area contributed by atoms with Crippen molar-refractivity contribution < 1.29 is 24.6 Å². The van der Waals surface area contributed by atoms with Crippen LogP contribution in [0.4, 0.5) is 17.5 Å². The number of aryl methyl sites for hydroxylation is 1. The summed E-state index contributed by atoms with van der Waals surface area (Å²) in [6, 6.07) is 8.94. The van der Waals surface area contributed by atoms with Gasteiger partial charge in [-0.15, -0.1) is 0 Å². The molecule has 0 bridgehead atoms. The first-order chi connectivity index (χ1) is 15.7. The fourth-order valence-corrected chi connectivity index (χ4v) is 3.38. The number of nitrogen functional groups attached to an aromatic ring is 2. The topological polar surface area (TPSA) is 194 Å². The number of rotatable bonds is 9. The van der Waals surface area contributed by atoms with Gasteiger partial charge in [0, 0.05) is 29.6 Å². The summed E-state index contributed by atoms with van der Waals surface area (Å²) in [5.74, 6) is -2.59. The maximum absolute atomic E-state index is 12.3. The van der Waals surface area contributed by atoms with Gasteiger partial charge >= 0.3 is 11.9 Å². The van der Waals surface area contributed by atoms with Gasteiger partial charge in [0.1, 0.15) is 11.9 Å². The highest BCUT2D eigenvalue weighted by Crippen LogP contribution is 2.26. The number of nitrogens with zero attached hydrogens (tertiary/aromatic N) is 2. The van der Waals surface area contributed by atoms with E-state index in [-0.39, 0.29) is 24.4 Å². The Morgan fingerprint density at radius 2 is 1.73 bits per heavy atom. The SMILES string of the molecule is Cc1c(CNc2ccc(C(=O)NC(CCC(=O)O)C(=O)O)cc2)ccc2nc(N)nc(N)c12. The van der Waals surface area contributed by atoms with Crippen molar-refractivity contribution in [1.29, 1.82) is 0 Å². The third-order valence-electron chi connectivity index (χ3n) is 5.16. The highest BCUT2D eigenvalue weighted by molar-refractivity contribution is 5.97. The van der Waals surface area contributed by atoms with E-state index in [1.807, 2.05) is 19.1 Å². The van der Waals surface area contributed by atoms with Crippen LogP contribution in [-0.2, 0) is 16.1 Å². The predicted molar refractivity (Wildman–Crippen MR) is 123 cm³/mol. The standard InChI is InChI=1S/C22H24N6O5/c1-11-13(4-7-15-18(11)19(23)28-22(24)27-15)10-25-14-5-2-12(3-6-14)20(31)26-16(21(32)33)8-9-17(29)30/h2-7,16,25H,8-10H2,1H3,(H,26,31)(H,29,30)(H,32,33)(H4,23,24,27,28). The smallest absolute Gasteiger partial charge is 0.326 e. The lowest BCUT2D eigenvalue weighted by atomic mass is 10.0. The molecule has 172 valence electrons. The van der Waals surface area contributed by atoms with E-state index in [0.717, 1.165) is 22.2 Å². The zero-order chi connectivity index (χ0) is 24.1. The molecule has 0 aliphatic rings. The maximum Gasteiger partial charge on any atom is 0.326 e. The minimum absolute atomic E-state index is 0.117. The number of nitrogens with two attached hydrogens (primary N) is 2. The van der Waals surface area contributed by atoms with Gasteiger partial charge in [-0.1, -0.05) is 6.07 Å². The number of hydrogen-bond acceptors (Lipinski definition) is 8. The van der Waals surface area contributed by atoms with Crippen molar-refractivity contribution in [2.45, 2.75) is 32.4 Å². The van der Waals surface area contributed by atoms with Crippen LogP contribution in [0.3, 0.4) is 0 Å². The number of fused-ring (bicyclic) bond motifs is 1. The van der Waals surface area contributed by atoms with Gasteiger partial charge in [0.25, 0.3) is 5.91 Å². The third kappa shape index (κ3) is 5.64. The summed E-state index contributed by atoms with van der Waals surface area (Å²) < 4.78 is 0. The number of amides is 1. The molecular formula is C22H24N6O5. The van der Waals surface area contributed by atoms with Crippen molar-refractivity contribution in [3.05, 3.63) is 53.1 Å². The van der Waals surface area contributed by atoms with E-state index in [4.69, 9.17) is 16.6 Å². The van der Waals surface area contributed by atoms with Crippen LogP contribution in [0.25, 0.3) is 10.9 Å². The Kier molecular flexibility index (Phi) is 6.91. The summed E-state index contributed by atoms with van der Waals surface area (Å²) in [5, 5.41) is 24.3.